The number of likely N-dealkylation sites (N-methyl/N-ethyl adjacent to an activating group) is 1. The quantitative estimate of drug-likeness (QED) is 0.812. The van der Waals surface area contributed by atoms with E-state index in [-0.39, 0.29) is 19.4 Å². The third-order valence-corrected chi connectivity index (χ3v) is 3.28. The van der Waals surface area contributed by atoms with Crippen LogP contribution in [0.15, 0.2) is 0 Å². The van der Waals surface area contributed by atoms with Crippen molar-refractivity contribution in [1.82, 2.24) is 10.2 Å². The van der Waals surface area contributed by atoms with Gasteiger partial charge in [-0.25, -0.2) is 0 Å². The van der Waals surface area contributed by atoms with E-state index >= 15 is 0 Å². The summed E-state index contributed by atoms with van der Waals surface area (Å²) in [6.07, 6.45) is -10.0. The van der Waals surface area contributed by atoms with Gasteiger partial charge in [0, 0.05) is 20.1 Å². The Balaban J connectivity index is 2.42. The number of alkyl halides is 6. The first-order valence-electron chi connectivity index (χ1n) is 6.12. The van der Waals surface area contributed by atoms with Crippen LogP contribution in [0.5, 0.6) is 0 Å². The molecule has 0 bridgehead atoms. The maximum Gasteiger partial charge on any atom is 0.393 e. The first-order valence-corrected chi connectivity index (χ1v) is 6.12. The molecule has 1 heterocycles. The fourth-order valence-electron chi connectivity index (χ4n) is 2.02. The van der Waals surface area contributed by atoms with Gasteiger partial charge in [-0.05, 0) is 12.8 Å². The average Bonchev–Trinajstić information content (AvgIpc) is 2.33. The smallest absolute Gasteiger partial charge is 0.344 e. The van der Waals surface area contributed by atoms with Gasteiger partial charge in [-0.3, -0.25) is 4.79 Å². The van der Waals surface area contributed by atoms with Crippen LogP contribution in [0.3, 0.4) is 0 Å². The summed E-state index contributed by atoms with van der Waals surface area (Å²) >= 11 is 0. The molecule has 1 N–H and O–H groups in total. The van der Waals surface area contributed by atoms with E-state index in [1.165, 1.54) is 7.05 Å². The van der Waals surface area contributed by atoms with Crippen molar-refractivity contribution in [1.29, 1.82) is 0 Å². The molecule has 0 aromatic rings. The standard InChI is InChI=1S/C11H16F6N2O/c1-19(5-4-10(12,13)14)9(20)8-3-2-7(6-18-8)11(15,16)17/h7-8,18H,2-6H2,1H3. The molecule has 1 fully saturated rings. The monoisotopic (exact) mass is 306 g/mol. The lowest BCUT2D eigenvalue weighted by Gasteiger charge is -2.32. The molecule has 2 atom stereocenters. The molecule has 0 aromatic carbocycles. The van der Waals surface area contributed by atoms with Gasteiger partial charge in [0.15, 0.2) is 0 Å². The number of carbonyl (C=O) groups is 1. The molecule has 1 aliphatic rings. The maximum absolute atomic E-state index is 12.4. The number of nitrogens with one attached hydrogen (secondary N) is 1. The number of carbonyl (C=O) groups excluding carboxylic acids is 1. The lowest BCUT2D eigenvalue weighted by atomic mass is 9.93. The van der Waals surface area contributed by atoms with E-state index in [0.29, 0.717) is 0 Å². The minimum absolute atomic E-state index is 0.0284. The highest BCUT2D eigenvalue weighted by Gasteiger charge is 2.42. The third kappa shape index (κ3) is 5.18. The first kappa shape index (κ1) is 17.1. The number of rotatable bonds is 3. The van der Waals surface area contributed by atoms with E-state index < -0.39 is 43.2 Å². The van der Waals surface area contributed by atoms with Gasteiger partial charge in [-0.15, -0.1) is 0 Å². The number of nitrogens with zero attached hydrogens (tertiary/aromatic N) is 1. The zero-order valence-corrected chi connectivity index (χ0v) is 10.8. The zero-order valence-electron chi connectivity index (χ0n) is 10.8. The number of hydrogen-bond donors (Lipinski definition) is 1. The lowest BCUT2D eigenvalue weighted by Crippen LogP contribution is -2.52. The number of piperidine rings is 1. The Morgan fingerprint density at radius 1 is 1.20 bits per heavy atom. The molecule has 0 radical (unpaired) electrons. The Bertz CT molecular complexity index is 333. The predicted octanol–water partition coefficient (Wildman–Crippen LogP) is 2.33. The molecule has 0 saturated carbocycles. The minimum atomic E-state index is -4.37. The summed E-state index contributed by atoms with van der Waals surface area (Å²) in [5.74, 6) is -2.11. The van der Waals surface area contributed by atoms with E-state index in [2.05, 4.69) is 5.32 Å². The highest BCUT2D eigenvalue weighted by atomic mass is 19.4. The Kier molecular flexibility index (Phi) is 5.28. The zero-order chi connectivity index (χ0) is 15.6. The molecular formula is C11H16F6N2O. The molecule has 118 valence electrons. The fraction of sp³-hybridized carbons (Fsp3) is 0.909. The van der Waals surface area contributed by atoms with Gasteiger partial charge in [0.25, 0.3) is 0 Å². The molecule has 0 spiro atoms. The van der Waals surface area contributed by atoms with E-state index in [4.69, 9.17) is 0 Å². The van der Waals surface area contributed by atoms with E-state index in [1.54, 1.807) is 0 Å². The summed E-state index contributed by atoms with van der Waals surface area (Å²) in [4.78, 5) is 12.7. The highest BCUT2D eigenvalue weighted by molar-refractivity contribution is 5.81. The lowest BCUT2D eigenvalue weighted by molar-refractivity contribution is -0.181. The Morgan fingerprint density at radius 3 is 2.20 bits per heavy atom. The summed E-state index contributed by atoms with van der Waals surface area (Å²) in [7, 11) is 1.21. The van der Waals surface area contributed by atoms with Crippen molar-refractivity contribution in [3.63, 3.8) is 0 Å². The van der Waals surface area contributed by atoms with Gasteiger partial charge < -0.3 is 10.2 Å². The second kappa shape index (κ2) is 6.19. The first-order chi connectivity index (χ1) is 9.00. The average molecular weight is 306 g/mol. The van der Waals surface area contributed by atoms with Crippen molar-refractivity contribution in [3.05, 3.63) is 0 Å². The molecule has 1 aliphatic heterocycles. The van der Waals surface area contributed by atoms with Crippen molar-refractivity contribution in [2.75, 3.05) is 20.1 Å². The van der Waals surface area contributed by atoms with Crippen molar-refractivity contribution in [3.8, 4) is 0 Å². The largest absolute Gasteiger partial charge is 0.393 e. The molecule has 0 aliphatic carbocycles. The topological polar surface area (TPSA) is 32.3 Å². The summed E-state index contributed by atoms with van der Waals surface area (Å²) < 4.78 is 73.3. The molecule has 1 saturated heterocycles. The van der Waals surface area contributed by atoms with Crippen molar-refractivity contribution in [2.45, 2.75) is 37.7 Å². The number of amides is 1. The summed E-state index contributed by atoms with van der Waals surface area (Å²) in [5, 5.41) is 2.46. The van der Waals surface area contributed by atoms with Gasteiger partial charge >= 0.3 is 12.4 Å². The molecule has 2 unspecified atom stereocenters. The molecule has 1 rings (SSSR count). The van der Waals surface area contributed by atoms with Crippen LogP contribution in [0.2, 0.25) is 0 Å². The third-order valence-electron chi connectivity index (χ3n) is 3.28. The van der Waals surface area contributed by atoms with Gasteiger partial charge in [0.05, 0.1) is 18.4 Å². The number of halogens is 6. The van der Waals surface area contributed by atoms with Crippen LogP contribution in [0.4, 0.5) is 26.3 Å². The van der Waals surface area contributed by atoms with Crippen LogP contribution in [0.25, 0.3) is 0 Å². The number of hydrogen-bond acceptors (Lipinski definition) is 2. The van der Waals surface area contributed by atoms with Gasteiger partial charge in [0.2, 0.25) is 5.91 Å². The van der Waals surface area contributed by atoms with Gasteiger partial charge in [0.1, 0.15) is 0 Å². The van der Waals surface area contributed by atoms with Crippen LogP contribution < -0.4 is 5.32 Å². The molecule has 3 nitrogen and oxygen atoms in total. The SMILES string of the molecule is CN(CCC(F)(F)F)C(=O)C1CCC(C(F)(F)F)CN1. The van der Waals surface area contributed by atoms with Crippen molar-refractivity contribution < 1.29 is 31.1 Å². The van der Waals surface area contributed by atoms with Gasteiger partial charge in [-0.1, -0.05) is 0 Å². The van der Waals surface area contributed by atoms with Crippen molar-refractivity contribution in [2.24, 2.45) is 5.92 Å². The fourth-order valence-corrected chi connectivity index (χ4v) is 2.02. The summed E-state index contributed by atoms with van der Waals surface area (Å²) in [6, 6.07) is -0.841. The van der Waals surface area contributed by atoms with Crippen molar-refractivity contribution >= 4 is 5.91 Å². The second-order valence-corrected chi connectivity index (χ2v) is 4.90. The van der Waals surface area contributed by atoms with E-state index in [0.717, 1.165) is 4.90 Å². The molecule has 0 aromatic heterocycles. The molecule has 9 heteroatoms. The van der Waals surface area contributed by atoms with Crippen LogP contribution in [-0.2, 0) is 4.79 Å². The Morgan fingerprint density at radius 2 is 1.80 bits per heavy atom. The normalized spacial score (nSPS) is 24.6. The van der Waals surface area contributed by atoms with Crippen LogP contribution in [-0.4, -0.2) is 49.3 Å². The predicted molar refractivity (Wildman–Crippen MR) is 58.9 cm³/mol. The highest BCUT2D eigenvalue weighted by Crippen LogP contribution is 2.32. The van der Waals surface area contributed by atoms with E-state index in [9.17, 15) is 31.1 Å². The molecular weight excluding hydrogens is 290 g/mol. The van der Waals surface area contributed by atoms with Crippen LogP contribution in [0, 0.1) is 5.92 Å². The van der Waals surface area contributed by atoms with Crippen LogP contribution >= 0.6 is 0 Å². The maximum atomic E-state index is 12.4. The summed E-state index contributed by atoms with van der Waals surface area (Å²) in [5.41, 5.74) is 0. The Hall–Kier alpha value is -0.990. The molecule has 20 heavy (non-hydrogen) atoms. The Labute approximate surface area is 112 Å². The van der Waals surface area contributed by atoms with Crippen LogP contribution in [0.1, 0.15) is 19.3 Å². The molecule has 1 amide bonds. The minimum Gasteiger partial charge on any atom is -0.344 e. The second-order valence-electron chi connectivity index (χ2n) is 4.90. The van der Waals surface area contributed by atoms with Gasteiger partial charge in [-0.2, -0.15) is 26.3 Å². The van der Waals surface area contributed by atoms with E-state index in [1.807, 2.05) is 0 Å². The summed E-state index contributed by atoms with van der Waals surface area (Å²) in [6.45, 7) is -0.879.